The second-order valence-corrected chi connectivity index (χ2v) is 12.2. The van der Waals surface area contributed by atoms with Gasteiger partial charge in [-0.1, -0.05) is 68.2 Å². The number of nitriles is 1. The second kappa shape index (κ2) is 9.52. The molecule has 182 valence electrons. The quantitative estimate of drug-likeness (QED) is 0.286. The summed E-state index contributed by atoms with van der Waals surface area (Å²) >= 11 is 13.9. The van der Waals surface area contributed by atoms with Crippen LogP contribution < -0.4 is 5.32 Å². The third-order valence-electron chi connectivity index (χ3n) is 7.01. The SMILES string of the molecule is CC(C)(C)C1CCc2c(sc(NC(=O)c3cc(-c4ccc(Cl)c(Cl)c4)nc4ccccc34)c2C#N)C1. The minimum absolute atomic E-state index is 0.203. The Kier molecular flexibility index (Phi) is 6.55. The van der Waals surface area contributed by atoms with Crippen LogP contribution in [-0.2, 0) is 12.8 Å². The van der Waals surface area contributed by atoms with Crippen LogP contribution in [0.4, 0.5) is 5.00 Å². The molecule has 1 amide bonds. The molecule has 2 heterocycles. The molecule has 2 aromatic carbocycles. The summed E-state index contributed by atoms with van der Waals surface area (Å²) in [6.45, 7) is 6.80. The first-order valence-corrected chi connectivity index (χ1v) is 13.4. The number of nitrogens with one attached hydrogen (secondary N) is 1. The van der Waals surface area contributed by atoms with Gasteiger partial charge in [0.25, 0.3) is 5.91 Å². The highest BCUT2D eigenvalue weighted by molar-refractivity contribution is 7.16. The van der Waals surface area contributed by atoms with E-state index in [-0.39, 0.29) is 11.3 Å². The van der Waals surface area contributed by atoms with Crippen LogP contribution in [0.2, 0.25) is 10.0 Å². The summed E-state index contributed by atoms with van der Waals surface area (Å²) in [6.07, 6.45) is 2.86. The molecule has 0 fully saturated rings. The number of hydrogen-bond donors (Lipinski definition) is 1. The number of benzene rings is 2. The Morgan fingerprint density at radius 1 is 1.14 bits per heavy atom. The molecule has 4 aromatic rings. The fourth-order valence-electron chi connectivity index (χ4n) is 4.87. The smallest absolute Gasteiger partial charge is 0.257 e. The fraction of sp³-hybridized carbons (Fsp3) is 0.276. The fourth-order valence-corrected chi connectivity index (χ4v) is 6.44. The number of carbonyl (C=O) groups excluding carboxylic acids is 1. The van der Waals surface area contributed by atoms with Gasteiger partial charge in [-0.2, -0.15) is 5.26 Å². The number of fused-ring (bicyclic) bond motifs is 2. The minimum Gasteiger partial charge on any atom is -0.312 e. The van der Waals surface area contributed by atoms with Crippen LogP contribution in [0.3, 0.4) is 0 Å². The van der Waals surface area contributed by atoms with E-state index < -0.39 is 0 Å². The molecule has 0 saturated heterocycles. The Balaban J connectivity index is 1.54. The summed E-state index contributed by atoms with van der Waals surface area (Å²) < 4.78 is 0. The molecule has 0 bridgehead atoms. The molecule has 1 N–H and O–H groups in total. The second-order valence-electron chi connectivity index (χ2n) is 10.3. The van der Waals surface area contributed by atoms with Crippen molar-refractivity contribution in [3.8, 4) is 17.3 Å². The molecule has 0 radical (unpaired) electrons. The van der Waals surface area contributed by atoms with Gasteiger partial charge in [-0.25, -0.2) is 4.98 Å². The van der Waals surface area contributed by atoms with Gasteiger partial charge in [0.2, 0.25) is 0 Å². The first-order chi connectivity index (χ1) is 17.2. The van der Waals surface area contributed by atoms with Gasteiger partial charge in [-0.15, -0.1) is 11.3 Å². The van der Waals surface area contributed by atoms with E-state index in [1.807, 2.05) is 30.3 Å². The van der Waals surface area contributed by atoms with Gasteiger partial charge < -0.3 is 5.32 Å². The summed E-state index contributed by atoms with van der Waals surface area (Å²) in [5.74, 6) is 0.286. The highest BCUT2D eigenvalue weighted by Gasteiger charge is 2.32. The number of aromatic nitrogens is 1. The number of rotatable bonds is 3. The summed E-state index contributed by atoms with van der Waals surface area (Å²) in [7, 11) is 0. The molecule has 4 nitrogen and oxygen atoms in total. The van der Waals surface area contributed by atoms with E-state index in [9.17, 15) is 10.1 Å². The summed E-state index contributed by atoms with van der Waals surface area (Å²) in [4.78, 5) is 19.6. The highest BCUT2D eigenvalue weighted by Crippen LogP contribution is 2.44. The third kappa shape index (κ3) is 4.62. The maximum atomic E-state index is 13.6. The number of anilines is 1. The molecular weight excluding hydrogens is 509 g/mol. The van der Waals surface area contributed by atoms with Gasteiger partial charge in [0.1, 0.15) is 11.1 Å². The van der Waals surface area contributed by atoms with Crippen molar-refractivity contribution in [2.75, 3.05) is 5.32 Å². The molecular formula is C29H25Cl2N3OS. The predicted octanol–water partition coefficient (Wildman–Crippen LogP) is 8.55. The zero-order valence-corrected chi connectivity index (χ0v) is 22.6. The number of thiophene rings is 1. The highest BCUT2D eigenvalue weighted by atomic mass is 35.5. The van der Waals surface area contributed by atoms with Gasteiger partial charge in [0, 0.05) is 15.8 Å². The van der Waals surface area contributed by atoms with Crippen molar-refractivity contribution in [3.63, 3.8) is 0 Å². The molecule has 0 saturated carbocycles. The third-order valence-corrected chi connectivity index (χ3v) is 8.91. The van der Waals surface area contributed by atoms with E-state index in [0.29, 0.717) is 43.3 Å². The monoisotopic (exact) mass is 533 g/mol. The van der Waals surface area contributed by atoms with Crippen molar-refractivity contribution in [1.29, 1.82) is 5.26 Å². The van der Waals surface area contributed by atoms with E-state index in [1.165, 1.54) is 16.2 Å². The number of carbonyl (C=O) groups is 1. The van der Waals surface area contributed by atoms with Gasteiger partial charge in [-0.05, 0) is 60.4 Å². The lowest BCUT2D eigenvalue weighted by molar-refractivity contribution is 0.102. The van der Waals surface area contributed by atoms with Gasteiger partial charge in [0.05, 0.1) is 32.4 Å². The predicted molar refractivity (Wildman–Crippen MR) is 149 cm³/mol. The Labute approximate surface area is 224 Å². The largest absolute Gasteiger partial charge is 0.312 e. The summed E-state index contributed by atoms with van der Waals surface area (Å²) in [6, 6.07) is 17.0. The van der Waals surface area contributed by atoms with Gasteiger partial charge >= 0.3 is 0 Å². The molecule has 0 spiro atoms. The number of hydrogen-bond acceptors (Lipinski definition) is 4. The van der Waals surface area contributed by atoms with Crippen LogP contribution in [-0.4, -0.2) is 10.9 Å². The van der Waals surface area contributed by atoms with E-state index >= 15 is 0 Å². The first-order valence-electron chi connectivity index (χ1n) is 11.9. The molecule has 1 aliphatic rings. The lowest BCUT2D eigenvalue weighted by atomic mass is 9.72. The van der Waals surface area contributed by atoms with Crippen LogP contribution in [0.1, 0.15) is 53.6 Å². The molecule has 36 heavy (non-hydrogen) atoms. The number of halogens is 2. The van der Waals surface area contributed by atoms with Crippen molar-refractivity contribution >= 4 is 56.3 Å². The Bertz CT molecular complexity index is 1540. The van der Waals surface area contributed by atoms with Crippen molar-refractivity contribution in [1.82, 2.24) is 4.98 Å². The average molecular weight is 535 g/mol. The summed E-state index contributed by atoms with van der Waals surface area (Å²) in [5.41, 5.74) is 4.47. The van der Waals surface area contributed by atoms with Crippen LogP contribution in [0.25, 0.3) is 22.2 Å². The summed E-state index contributed by atoms with van der Waals surface area (Å²) in [5, 5.41) is 15.3. The number of amides is 1. The minimum atomic E-state index is -0.266. The number of para-hydroxylation sites is 1. The molecule has 5 rings (SSSR count). The average Bonchev–Trinajstić information content (AvgIpc) is 3.20. The zero-order valence-electron chi connectivity index (χ0n) is 20.3. The first kappa shape index (κ1) is 24.8. The molecule has 7 heteroatoms. The van der Waals surface area contributed by atoms with Gasteiger partial charge in [0.15, 0.2) is 0 Å². The lowest BCUT2D eigenvalue weighted by Gasteiger charge is -2.33. The Morgan fingerprint density at radius 2 is 1.92 bits per heavy atom. The van der Waals surface area contributed by atoms with E-state index in [2.05, 4.69) is 32.2 Å². The topological polar surface area (TPSA) is 65.8 Å². The van der Waals surface area contributed by atoms with E-state index in [4.69, 9.17) is 28.2 Å². The van der Waals surface area contributed by atoms with Crippen LogP contribution in [0, 0.1) is 22.7 Å². The zero-order chi connectivity index (χ0) is 25.6. The van der Waals surface area contributed by atoms with Crippen LogP contribution >= 0.6 is 34.5 Å². The molecule has 1 unspecified atom stereocenters. The van der Waals surface area contributed by atoms with Crippen molar-refractivity contribution in [2.24, 2.45) is 11.3 Å². The van der Waals surface area contributed by atoms with Crippen LogP contribution in [0.15, 0.2) is 48.5 Å². The van der Waals surface area contributed by atoms with Gasteiger partial charge in [-0.3, -0.25) is 4.79 Å². The Morgan fingerprint density at radius 3 is 2.64 bits per heavy atom. The van der Waals surface area contributed by atoms with Crippen molar-refractivity contribution in [2.45, 2.75) is 40.0 Å². The number of pyridine rings is 1. The Hall–Kier alpha value is -2.91. The van der Waals surface area contributed by atoms with E-state index in [0.717, 1.165) is 35.8 Å². The maximum Gasteiger partial charge on any atom is 0.257 e. The maximum absolute atomic E-state index is 13.6. The van der Waals surface area contributed by atoms with Crippen molar-refractivity contribution in [3.05, 3.63) is 80.1 Å². The normalized spacial score (nSPS) is 15.4. The van der Waals surface area contributed by atoms with Crippen LogP contribution in [0.5, 0.6) is 0 Å². The molecule has 1 aliphatic carbocycles. The standard InChI is InChI=1S/C29H25Cl2N3OS/c1-29(2,3)17-9-10-19-21(15-32)28(36-26(19)13-17)34-27(35)20-14-25(16-8-11-22(30)23(31)12-16)33-24-7-5-4-6-18(20)24/h4-8,11-12,14,17H,9-10,13H2,1-3H3,(H,34,35). The number of nitrogens with zero attached hydrogens (tertiary/aromatic N) is 2. The molecule has 2 aromatic heterocycles. The molecule has 1 atom stereocenters. The molecule has 0 aliphatic heterocycles. The van der Waals surface area contributed by atoms with Crippen molar-refractivity contribution < 1.29 is 4.79 Å². The van der Waals surface area contributed by atoms with E-state index in [1.54, 1.807) is 18.2 Å². The lowest BCUT2D eigenvalue weighted by Crippen LogP contribution is -2.26.